The maximum absolute atomic E-state index is 12.7. The first kappa shape index (κ1) is 18.3. The fraction of sp³-hybridized carbons (Fsp3) is 0.600. The summed E-state index contributed by atoms with van der Waals surface area (Å²) in [5.74, 6) is -1.09. The van der Waals surface area contributed by atoms with E-state index in [0.29, 0.717) is 5.56 Å². The Kier molecular flexibility index (Phi) is 5.84. The van der Waals surface area contributed by atoms with Crippen LogP contribution in [-0.2, 0) is 6.54 Å². The molecule has 1 saturated carbocycles. The van der Waals surface area contributed by atoms with Gasteiger partial charge in [-0.15, -0.1) is 0 Å². The molecule has 0 spiro atoms. The van der Waals surface area contributed by atoms with Gasteiger partial charge in [-0.3, -0.25) is 0 Å². The van der Waals surface area contributed by atoms with Crippen LogP contribution in [0.2, 0.25) is 0 Å². The Morgan fingerprint density at radius 3 is 2.79 bits per heavy atom. The molecule has 1 aromatic rings. The van der Waals surface area contributed by atoms with Gasteiger partial charge in [0, 0.05) is 24.8 Å². The Hall–Kier alpha value is -2.06. The number of nitrogens with zero attached hydrogens (tertiary/aromatic N) is 1. The van der Waals surface area contributed by atoms with Gasteiger partial charge in [0.2, 0.25) is 5.88 Å². The van der Waals surface area contributed by atoms with Crippen LogP contribution in [0.3, 0.4) is 0 Å². The molecule has 2 N–H and O–H groups in total. The lowest BCUT2D eigenvalue weighted by atomic mass is 9.80. The molecule has 2 rings (SSSR count). The zero-order valence-electron chi connectivity index (χ0n) is 13.1. The molecular weight excluding hydrogens is 330 g/mol. The summed E-state index contributed by atoms with van der Waals surface area (Å²) in [4.78, 5) is 15.6. The lowest BCUT2D eigenvalue weighted by Gasteiger charge is -2.36. The first-order valence-corrected chi connectivity index (χ1v) is 7.57. The van der Waals surface area contributed by atoms with Gasteiger partial charge in [0.1, 0.15) is 12.8 Å². The number of nitrogens with one attached hydrogen (secondary N) is 2. The molecule has 1 aromatic heterocycles. The molecule has 1 atom stereocenters. The minimum Gasteiger partial charge on any atom is -0.475 e. The number of ether oxygens (including phenoxy) is 1. The highest BCUT2D eigenvalue weighted by Gasteiger charge is 2.48. The summed E-state index contributed by atoms with van der Waals surface area (Å²) in [6.07, 6.45) is -4.04. The molecule has 1 fully saturated rings. The molecule has 2 amide bonds. The highest BCUT2D eigenvalue weighted by atomic mass is 19.4. The van der Waals surface area contributed by atoms with Crippen molar-refractivity contribution in [2.75, 3.05) is 6.61 Å². The topological polar surface area (TPSA) is 63.2 Å². The van der Waals surface area contributed by atoms with E-state index in [2.05, 4.69) is 15.6 Å². The molecule has 0 saturated heterocycles. The van der Waals surface area contributed by atoms with Crippen molar-refractivity contribution in [1.82, 2.24) is 15.6 Å². The third-order valence-corrected chi connectivity index (χ3v) is 3.65. The minimum absolute atomic E-state index is 0.0917. The third-order valence-electron chi connectivity index (χ3n) is 3.65. The van der Waals surface area contributed by atoms with Crippen LogP contribution in [0.25, 0.3) is 0 Å². The first-order valence-electron chi connectivity index (χ1n) is 7.57. The van der Waals surface area contributed by atoms with Gasteiger partial charge in [-0.2, -0.15) is 13.2 Å². The molecule has 0 unspecified atom stereocenters. The molecule has 1 heterocycles. The number of halogens is 4. The maximum Gasteiger partial charge on any atom is 0.391 e. The van der Waals surface area contributed by atoms with E-state index < -0.39 is 30.3 Å². The zero-order chi connectivity index (χ0) is 17.7. The second kappa shape index (κ2) is 7.67. The molecule has 24 heavy (non-hydrogen) atoms. The number of urea groups is 1. The highest BCUT2D eigenvalue weighted by Crippen LogP contribution is 2.40. The Balaban J connectivity index is 1.71. The monoisotopic (exact) mass is 349 g/mol. The third kappa shape index (κ3) is 5.54. The second-order valence-electron chi connectivity index (χ2n) is 5.83. The van der Waals surface area contributed by atoms with Gasteiger partial charge >= 0.3 is 12.2 Å². The first-order chi connectivity index (χ1) is 11.2. The van der Waals surface area contributed by atoms with E-state index in [1.165, 1.54) is 13.1 Å². The SMILES string of the molecule is C[C@@H](F)COc1cc(CNC(=O)NC2CC(C(F)(F)F)C2)ccn1. The number of carbonyl (C=O) groups excluding carboxylic acids is 1. The number of carbonyl (C=O) groups is 1. The number of alkyl halides is 4. The van der Waals surface area contributed by atoms with E-state index >= 15 is 0 Å². The van der Waals surface area contributed by atoms with Gasteiger partial charge in [-0.05, 0) is 31.4 Å². The number of hydrogen-bond acceptors (Lipinski definition) is 3. The van der Waals surface area contributed by atoms with Gasteiger partial charge < -0.3 is 15.4 Å². The van der Waals surface area contributed by atoms with Crippen molar-refractivity contribution in [3.8, 4) is 5.88 Å². The quantitative estimate of drug-likeness (QED) is 0.776. The maximum atomic E-state index is 12.7. The summed E-state index contributed by atoms with van der Waals surface area (Å²) in [5, 5.41) is 5.05. The van der Waals surface area contributed by atoms with Crippen LogP contribution in [0.1, 0.15) is 25.3 Å². The molecular formula is C15H19F4N3O2. The number of aromatic nitrogens is 1. The summed E-state index contributed by atoms with van der Waals surface area (Å²) < 4.78 is 54.9. The van der Waals surface area contributed by atoms with Crippen LogP contribution in [0.4, 0.5) is 22.4 Å². The van der Waals surface area contributed by atoms with Crippen LogP contribution < -0.4 is 15.4 Å². The highest BCUT2D eigenvalue weighted by molar-refractivity contribution is 5.74. The van der Waals surface area contributed by atoms with Gasteiger partial charge in [0.25, 0.3) is 0 Å². The van der Waals surface area contributed by atoms with E-state index in [1.807, 2.05) is 0 Å². The summed E-state index contributed by atoms with van der Waals surface area (Å²) in [7, 11) is 0. The normalized spacial score (nSPS) is 21.5. The van der Waals surface area contributed by atoms with Gasteiger partial charge in [-0.1, -0.05) is 0 Å². The van der Waals surface area contributed by atoms with E-state index in [0.717, 1.165) is 0 Å². The summed E-state index contributed by atoms with van der Waals surface area (Å²) in [6.45, 7) is 1.40. The van der Waals surface area contributed by atoms with Crippen molar-refractivity contribution in [2.45, 2.75) is 44.7 Å². The molecule has 0 bridgehead atoms. The van der Waals surface area contributed by atoms with Crippen LogP contribution in [-0.4, -0.2) is 36.0 Å². The van der Waals surface area contributed by atoms with Gasteiger partial charge in [-0.25, -0.2) is 14.2 Å². The number of pyridine rings is 1. The van der Waals surface area contributed by atoms with Crippen LogP contribution >= 0.6 is 0 Å². The van der Waals surface area contributed by atoms with E-state index in [4.69, 9.17) is 4.74 Å². The zero-order valence-corrected chi connectivity index (χ0v) is 13.1. The predicted octanol–water partition coefficient (Wildman–Crippen LogP) is 2.96. The molecule has 9 heteroatoms. The molecule has 0 radical (unpaired) electrons. The smallest absolute Gasteiger partial charge is 0.391 e. The van der Waals surface area contributed by atoms with Crippen molar-refractivity contribution in [3.63, 3.8) is 0 Å². The van der Waals surface area contributed by atoms with Crippen LogP contribution in [0, 0.1) is 5.92 Å². The van der Waals surface area contributed by atoms with Crippen molar-refractivity contribution in [1.29, 1.82) is 0 Å². The average Bonchev–Trinajstić information content (AvgIpc) is 2.45. The molecule has 0 aromatic carbocycles. The Morgan fingerprint density at radius 1 is 1.46 bits per heavy atom. The van der Waals surface area contributed by atoms with Gasteiger partial charge in [0.15, 0.2) is 0 Å². The predicted molar refractivity (Wildman–Crippen MR) is 78.2 cm³/mol. The average molecular weight is 349 g/mol. The Morgan fingerprint density at radius 2 is 2.17 bits per heavy atom. The second-order valence-corrected chi connectivity index (χ2v) is 5.83. The molecule has 5 nitrogen and oxygen atoms in total. The molecule has 1 aliphatic carbocycles. The molecule has 134 valence electrons. The summed E-state index contributed by atoms with van der Waals surface area (Å²) in [5.41, 5.74) is 0.684. The lowest BCUT2D eigenvalue weighted by Crippen LogP contribution is -2.51. The summed E-state index contributed by atoms with van der Waals surface area (Å²) in [6, 6.07) is 2.22. The van der Waals surface area contributed by atoms with E-state index in [1.54, 1.807) is 12.1 Å². The Labute approximate surface area is 136 Å². The number of hydrogen-bond donors (Lipinski definition) is 2. The van der Waals surface area contributed by atoms with E-state index in [-0.39, 0.29) is 31.9 Å². The van der Waals surface area contributed by atoms with Crippen LogP contribution in [0.15, 0.2) is 18.3 Å². The molecule has 1 aliphatic rings. The number of amides is 2. The van der Waals surface area contributed by atoms with Crippen molar-refractivity contribution >= 4 is 6.03 Å². The lowest BCUT2D eigenvalue weighted by molar-refractivity contribution is -0.198. The van der Waals surface area contributed by atoms with Crippen LogP contribution in [0.5, 0.6) is 5.88 Å². The van der Waals surface area contributed by atoms with Crippen molar-refractivity contribution in [2.24, 2.45) is 5.92 Å². The van der Waals surface area contributed by atoms with Crippen molar-refractivity contribution in [3.05, 3.63) is 23.9 Å². The molecule has 0 aliphatic heterocycles. The Bertz CT molecular complexity index is 560. The van der Waals surface area contributed by atoms with Crippen molar-refractivity contribution < 1.29 is 27.1 Å². The van der Waals surface area contributed by atoms with E-state index in [9.17, 15) is 22.4 Å². The largest absolute Gasteiger partial charge is 0.475 e. The summed E-state index contributed by atoms with van der Waals surface area (Å²) >= 11 is 0. The fourth-order valence-electron chi connectivity index (χ4n) is 2.26. The minimum atomic E-state index is -4.20. The fourth-order valence-corrected chi connectivity index (χ4v) is 2.26. The van der Waals surface area contributed by atoms with Gasteiger partial charge in [0.05, 0.1) is 5.92 Å². The standard InChI is InChI=1S/C15H19F4N3O2/c1-9(16)8-24-13-4-10(2-3-20-13)7-21-14(23)22-12-5-11(6-12)15(17,18)19/h2-4,9,11-12H,5-8H2,1H3,(H2,21,22,23)/t9-,11?,12?/m1/s1. The number of rotatable bonds is 6.